The number of halogens is 1. The van der Waals surface area contributed by atoms with Crippen LogP contribution in [0.4, 0.5) is 0 Å². The SMILES string of the molecule is O=C([O-])CC1S/C(=N/N=C/c2c(OCc3ccccc3Cl)ccc3ccccc23)NC1=O. The van der Waals surface area contributed by atoms with Crippen LogP contribution in [0.15, 0.2) is 70.9 Å². The van der Waals surface area contributed by atoms with E-state index in [9.17, 15) is 14.7 Å². The van der Waals surface area contributed by atoms with Crippen molar-refractivity contribution in [1.82, 2.24) is 5.32 Å². The maximum absolute atomic E-state index is 11.8. The molecule has 1 aliphatic heterocycles. The van der Waals surface area contributed by atoms with E-state index >= 15 is 0 Å². The number of amidine groups is 1. The second-order valence-corrected chi connectivity index (χ2v) is 8.50. The van der Waals surface area contributed by atoms with E-state index in [2.05, 4.69) is 15.5 Å². The van der Waals surface area contributed by atoms with Crippen molar-refractivity contribution in [3.05, 3.63) is 76.8 Å². The van der Waals surface area contributed by atoms with Crippen LogP contribution in [-0.4, -0.2) is 28.5 Å². The first-order valence-electron chi connectivity index (χ1n) is 9.67. The van der Waals surface area contributed by atoms with Gasteiger partial charge in [0.15, 0.2) is 5.17 Å². The highest BCUT2D eigenvalue weighted by molar-refractivity contribution is 8.15. The van der Waals surface area contributed by atoms with Crippen molar-refractivity contribution in [2.24, 2.45) is 10.2 Å². The molecule has 0 aromatic heterocycles. The van der Waals surface area contributed by atoms with E-state index in [0.29, 0.717) is 10.8 Å². The fourth-order valence-electron chi connectivity index (χ4n) is 3.18. The molecule has 0 bridgehead atoms. The van der Waals surface area contributed by atoms with Crippen LogP contribution >= 0.6 is 23.4 Å². The number of carboxylic acid groups (broad SMARTS) is 1. The van der Waals surface area contributed by atoms with E-state index in [1.807, 2.05) is 54.6 Å². The summed E-state index contributed by atoms with van der Waals surface area (Å²) < 4.78 is 6.04. The number of aliphatic carboxylic acids is 1. The van der Waals surface area contributed by atoms with Crippen LogP contribution in [0.5, 0.6) is 5.75 Å². The third-order valence-corrected chi connectivity index (χ3v) is 6.18. The van der Waals surface area contributed by atoms with Crippen LogP contribution in [0.25, 0.3) is 10.8 Å². The molecular weight excluding hydrogens is 450 g/mol. The number of benzene rings is 3. The Morgan fingerprint density at radius 3 is 2.75 bits per heavy atom. The number of carbonyl (C=O) groups is 2. The monoisotopic (exact) mass is 466 g/mol. The molecule has 0 spiro atoms. The number of thioether (sulfide) groups is 1. The van der Waals surface area contributed by atoms with Crippen LogP contribution in [0, 0.1) is 0 Å². The predicted molar refractivity (Wildman–Crippen MR) is 124 cm³/mol. The zero-order valence-corrected chi connectivity index (χ0v) is 18.2. The summed E-state index contributed by atoms with van der Waals surface area (Å²) in [6, 6.07) is 19.1. The van der Waals surface area contributed by atoms with Gasteiger partial charge in [-0.1, -0.05) is 71.9 Å². The van der Waals surface area contributed by atoms with Gasteiger partial charge in [-0.15, -0.1) is 5.10 Å². The number of amides is 1. The minimum Gasteiger partial charge on any atom is -0.550 e. The highest BCUT2D eigenvalue weighted by Crippen LogP contribution is 2.28. The summed E-state index contributed by atoms with van der Waals surface area (Å²) in [5.41, 5.74) is 1.58. The van der Waals surface area contributed by atoms with E-state index in [1.54, 1.807) is 12.3 Å². The molecule has 1 unspecified atom stereocenters. The van der Waals surface area contributed by atoms with Gasteiger partial charge in [-0.3, -0.25) is 4.79 Å². The van der Waals surface area contributed by atoms with Crippen LogP contribution in [0.2, 0.25) is 5.02 Å². The maximum Gasteiger partial charge on any atom is 0.239 e. The van der Waals surface area contributed by atoms with Crippen molar-refractivity contribution in [3.63, 3.8) is 0 Å². The summed E-state index contributed by atoms with van der Waals surface area (Å²) in [4.78, 5) is 22.6. The first kappa shape index (κ1) is 21.9. The molecule has 0 saturated carbocycles. The number of nitrogens with one attached hydrogen (secondary N) is 1. The van der Waals surface area contributed by atoms with Crippen LogP contribution in [0.1, 0.15) is 17.5 Å². The lowest BCUT2D eigenvalue weighted by Crippen LogP contribution is -2.31. The topological polar surface area (TPSA) is 103 Å². The fraction of sp³-hybridized carbons (Fsp3) is 0.130. The number of rotatable bonds is 7. The lowest BCUT2D eigenvalue weighted by atomic mass is 10.0. The van der Waals surface area contributed by atoms with Crippen molar-refractivity contribution in [2.75, 3.05) is 0 Å². The van der Waals surface area contributed by atoms with Gasteiger partial charge in [0.1, 0.15) is 12.4 Å². The molecule has 1 aliphatic rings. The quantitative estimate of drug-likeness (QED) is 0.425. The molecule has 1 atom stereocenters. The molecule has 1 saturated heterocycles. The molecule has 4 rings (SSSR count). The number of hydrogen-bond acceptors (Lipinski definition) is 7. The van der Waals surface area contributed by atoms with Crippen molar-refractivity contribution in [1.29, 1.82) is 0 Å². The highest BCUT2D eigenvalue weighted by Gasteiger charge is 2.30. The Kier molecular flexibility index (Phi) is 6.72. The number of nitrogens with zero attached hydrogens (tertiary/aromatic N) is 2. The number of ether oxygens (including phenoxy) is 1. The van der Waals surface area contributed by atoms with Gasteiger partial charge < -0.3 is 20.0 Å². The van der Waals surface area contributed by atoms with E-state index in [4.69, 9.17) is 16.3 Å². The van der Waals surface area contributed by atoms with Gasteiger partial charge in [-0.05, 0) is 22.9 Å². The molecule has 7 nitrogen and oxygen atoms in total. The van der Waals surface area contributed by atoms with E-state index in [0.717, 1.165) is 33.7 Å². The smallest absolute Gasteiger partial charge is 0.239 e. The largest absolute Gasteiger partial charge is 0.550 e. The van der Waals surface area contributed by atoms with Crippen molar-refractivity contribution < 1.29 is 19.4 Å². The summed E-state index contributed by atoms with van der Waals surface area (Å²) in [5.74, 6) is -1.12. The molecule has 3 aromatic rings. The Balaban J connectivity index is 1.59. The number of carboxylic acids is 1. The minimum absolute atomic E-state index is 0.233. The molecule has 1 heterocycles. The van der Waals surface area contributed by atoms with E-state index in [-0.39, 0.29) is 18.2 Å². The highest BCUT2D eigenvalue weighted by atomic mass is 35.5. The van der Waals surface area contributed by atoms with Gasteiger partial charge in [0.25, 0.3) is 0 Å². The summed E-state index contributed by atoms with van der Waals surface area (Å²) in [7, 11) is 0. The molecule has 0 aliphatic carbocycles. The molecule has 9 heteroatoms. The summed E-state index contributed by atoms with van der Waals surface area (Å²) in [5, 5.41) is 23.4. The van der Waals surface area contributed by atoms with Crippen molar-refractivity contribution in [2.45, 2.75) is 18.3 Å². The Bertz CT molecular complexity index is 1240. The Morgan fingerprint density at radius 2 is 1.94 bits per heavy atom. The third kappa shape index (κ3) is 5.09. The fourth-order valence-corrected chi connectivity index (χ4v) is 4.28. The molecule has 1 N–H and O–H groups in total. The van der Waals surface area contributed by atoms with Gasteiger partial charge in [-0.2, -0.15) is 5.10 Å². The zero-order valence-electron chi connectivity index (χ0n) is 16.7. The lowest BCUT2D eigenvalue weighted by molar-refractivity contribution is -0.305. The molecule has 3 aromatic carbocycles. The predicted octanol–water partition coefficient (Wildman–Crippen LogP) is 3.13. The first-order valence-corrected chi connectivity index (χ1v) is 10.9. The number of carbonyl (C=O) groups excluding carboxylic acids is 2. The van der Waals surface area contributed by atoms with E-state index in [1.165, 1.54) is 0 Å². The Morgan fingerprint density at radius 1 is 1.16 bits per heavy atom. The molecule has 32 heavy (non-hydrogen) atoms. The summed E-state index contributed by atoms with van der Waals surface area (Å²) in [6.07, 6.45) is 1.17. The van der Waals surface area contributed by atoms with Gasteiger partial charge in [-0.25, -0.2) is 0 Å². The lowest BCUT2D eigenvalue weighted by Gasteiger charge is -2.12. The van der Waals surface area contributed by atoms with Gasteiger partial charge in [0, 0.05) is 28.5 Å². The van der Waals surface area contributed by atoms with Gasteiger partial charge in [0.2, 0.25) is 5.91 Å². The average molecular weight is 467 g/mol. The normalized spacial score (nSPS) is 17.2. The van der Waals surface area contributed by atoms with Crippen LogP contribution < -0.4 is 15.2 Å². The number of fused-ring (bicyclic) bond motifs is 1. The first-order chi connectivity index (χ1) is 15.5. The minimum atomic E-state index is -1.29. The van der Waals surface area contributed by atoms with Gasteiger partial charge in [0.05, 0.1) is 11.5 Å². The molecule has 1 amide bonds. The molecule has 0 radical (unpaired) electrons. The van der Waals surface area contributed by atoms with Crippen molar-refractivity contribution >= 4 is 57.4 Å². The number of hydrogen-bond donors (Lipinski definition) is 1. The molecular formula is C23H17ClN3O4S-. The van der Waals surface area contributed by atoms with E-state index < -0.39 is 17.1 Å². The van der Waals surface area contributed by atoms with Crippen molar-refractivity contribution in [3.8, 4) is 5.75 Å². The molecule has 1 fully saturated rings. The Labute approximate surface area is 193 Å². The zero-order chi connectivity index (χ0) is 22.5. The Hall–Kier alpha value is -3.36. The maximum atomic E-state index is 11.8. The van der Waals surface area contributed by atoms with Crippen LogP contribution in [-0.2, 0) is 16.2 Å². The summed E-state index contributed by atoms with van der Waals surface area (Å²) in [6.45, 7) is 0.282. The van der Waals surface area contributed by atoms with Gasteiger partial charge >= 0.3 is 0 Å². The summed E-state index contributed by atoms with van der Waals surface area (Å²) >= 11 is 7.24. The standard InChI is InChI=1S/C23H18ClN3O4S/c24-18-8-4-2-6-15(18)13-31-19-10-9-14-5-1-3-7-16(14)17(19)12-25-27-23-26-22(30)20(32-23)11-21(28)29/h1-10,12,20H,11,13H2,(H,28,29)(H,26,27,30)/p-1/b25-12+. The van der Waals surface area contributed by atoms with Crippen LogP contribution in [0.3, 0.4) is 0 Å². The molecule has 162 valence electrons. The second kappa shape index (κ2) is 9.84. The average Bonchev–Trinajstić information content (AvgIpc) is 3.12. The third-order valence-electron chi connectivity index (χ3n) is 4.74. The second-order valence-electron chi connectivity index (χ2n) is 6.90.